The Labute approximate surface area is 396 Å². The third-order valence-electron chi connectivity index (χ3n) is 14.9. The first-order valence-electron chi connectivity index (χ1n) is 23.2. The van der Waals surface area contributed by atoms with Gasteiger partial charge in [0.1, 0.15) is 0 Å². The largest absolute Gasteiger partial charge is 0.264 e. The second-order valence-electron chi connectivity index (χ2n) is 18.3. The average molecular weight is 873 g/mol. The molecule has 0 radical (unpaired) electrons. The van der Waals surface area contributed by atoms with Gasteiger partial charge in [0.15, 0.2) is 0 Å². The van der Waals surface area contributed by atoms with Crippen molar-refractivity contribution < 1.29 is 0 Å². The van der Waals surface area contributed by atoms with Crippen LogP contribution in [0.2, 0.25) is 0 Å². The summed E-state index contributed by atoms with van der Waals surface area (Å²) in [7, 11) is 0. The molecule has 0 aliphatic rings. The third-order valence-corrected chi connectivity index (χ3v) is 14.9. The molecule has 0 aliphatic carbocycles. The summed E-state index contributed by atoms with van der Waals surface area (Å²) >= 11 is 0. The molecule has 9 rings (SSSR count). The van der Waals surface area contributed by atoms with Gasteiger partial charge in [0.25, 0.3) is 0 Å². The normalized spacial score (nSPS) is 11.3. The summed E-state index contributed by atoms with van der Waals surface area (Å²) in [6, 6.07) is 25.1. The summed E-state index contributed by atoms with van der Waals surface area (Å²) in [5.41, 5.74) is 32.5. The maximum Gasteiger partial charge on any atom is 0.243 e. The maximum atomic E-state index is 4.96. The Morgan fingerprint density at radius 2 is 0.522 bits per heavy atom. The quantitative estimate of drug-likeness (QED) is 0.134. The lowest BCUT2D eigenvalue weighted by Crippen LogP contribution is -2.58. The van der Waals surface area contributed by atoms with E-state index in [1.165, 1.54) is 99.8 Å². The Morgan fingerprint density at radius 1 is 0.269 bits per heavy atom. The van der Waals surface area contributed by atoms with Crippen molar-refractivity contribution in [3.05, 3.63) is 195 Å². The molecule has 0 atom stereocenters. The highest BCUT2D eigenvalue weighted by Gasteiger charge is 2.36. The van der Waals surface area contributed by atoms with Gasteiger partial charge in [-0.3, -0.25) is 29.9 Å². The van der Waals surface area contributed by atoms with Crippen molar-refractivity contribution in [3.63, 3.8) is 0 Å². The number of benzene rings is 3. The summed E-state index contributed by atoms with van der Waals surface area (Å²) in [4.78, 5) is 27.9. The van der Waals surface area contributed by atoms with Crippen LogP contribution >= 0.6 is 0 Å². The number of hydrogen-bond acceptors (Lipinski definition) is 6. The van der Waals surface area contributed by atoms with Crippen LogP contribution < -0.4 is 16.4 Å². The Hall–Kier alpha value is -7.38. The van der Waals surface area contributed by atoms with E-state index in [0.717, 1.165) is 50.5 Å². The van der Waals surface area contributed by atoms with Gasteiger partial charge in [0.2, 0.25) is 6.71 Å². The second-order valence-corrected chi connectivity index (χ2v) is 18.3. The zero-order valence-corrected chi connectivity index (χ0v) is 40.9. The molecule has 0 fully saturated rings. The first-order chi connectivity index (χ1) is 32.3. The zero-order chi connectivity index (χ0) is 47.3. The van der Waals surface area contributed by atoms with Crippen molar-refractivity contribution in [2.75, 3.05) is 0 Å². The monoisotopic (exact) mass is 872 g/mol. The van der Waals surface area contributed by atoms with Gasteiger partial charge in [-0.25, -0.2) is 0 Å². The van der Waals surface area contributed by atoms with Gasteiger partial charge in [-0.1, -0.05) is 68.0 Å². The molecule has 6 aromatic heterocycles. The Bertz CT molecular complexity index is 2870. The smallest absolute Gasteiger partial charge is 0.243 e. The molecule has 0 saturated heterocycles. The SMILES string of the molecule is Cc1c(C)c(-c2ccc(-c3cccnc3)nc2)c(C)c(C)c1B(c1c(C)c(C)c(-c2ccc(-c3cccnc3)nc2)c(C)c1C)c1c(C)c(C)c(-c2ccc(-c3cccnc3)nc2)c(C)c1C. The number of nitrogens with zero attached hydrogens (tertiary/aromatic N) is 6. The molecule has 0 spiro atoms. The maximum absolute atomic E-state index is 4.96. The van der Waals surface area contributed by atoms with Crippen LogP contribution in [0.1, 0.15) is 66.8 Å². The molecule has 0 saturated carbocycles. The van der Waals surface area contributed by atoms with Crippen molar-refractivity contribution in [3.8, 4) is 67.2 Å². The minimum Gasteiger partial charge on any atom is -0.264 e. The van der Waals surface area contributed by atoms with Crippen molar-refractivity contribution in [1.29, 1.82) is 0 Å². The molecule has 0 unspecified atom stereocenters. The molecule has 67 heavy (non-hydrogen) atoms. The van der Waals surface area contributed by atoms with Gasteiger partial charge in [-0.2, -0.15) is 0 Å². The lowest BCUT2D eigenvalue weighted by atomic mass is 9.32. The minimum absolute atomic E-state index is 0.0485. The van der Waals surface area contributed by atoms with Crippen molar-refractivity contribution in [2.45, 2.75) is 83.1 Å². The Kier molecular flexibility index (Phi) is 12.1. The molecule has 0 amide bonds. The van der Waals surface area contributed by atoms with E-state index in [-0.39, 0.29) is 6.71 Å². The summed E-state index contributed by atoms with van der Waals surface area (Å²) in [6.07, 6.45) is 17.1. The van der Waals surface area contributed by atoms with Crippen molar-refractivity contribution in [2.24, 2.45) is 0 Å². The van der Waals surface area contributed by atoms with Crippen LogP contribution in [0.5, 0.6) is 0 Å². The van der Waals surface area contributed by atoms with E-state index in [1.54, 1.807) is 18.6 Å². The third kappa shape index (κ3) is 7.86. The molecule has 0 bridgehead atoms. The molecule has 9 aromatic rings. The molecule has 6 nitrogen and oxygen atoms in total. The fraction of sp³-hybridized carbons (Fsp3) is 0.200. The molecular formula is C60H57BN6. The fourth-order valence-electron chi connectivity index (χ4n) is 10.7. The highest BCUT2D eigenvalue weighted by Crippen LogP contribution is 2.37. The van der Waals surface area contributed by atoms with E-state index in [2.05, 4.69) is 153 Å². The highest BCUT2D eigenvalue weighted by atomic mass is 14.7. The standard InChI is InChI=1S/C60H57BN6/c1-34-40(7)58(41(8)35(2)55(34)49-19-22-52(65-31-49)46-16-13-25-62-28-46)61(59-42(9)36(3)56(37(4)43(59)10)50-20-23-53(66-32-50)47-17-14-26-63-29-47)60-44(11)38(5)57(39(6)45(60)12)51-21-24-54(67-33-51)48-18-15-27-64-30-48/h13-33H,1-12H3. The van der Waals surface area contributed by atoms with Gasteiger partial charge < -0.3 is 0 Å². The van der Waals surface area contributed by atoms with Crippen LogP contribution in [-0.4, -0.2) is 36.6 Å². The summed E-state index contributed by atoms with van der Waals surface area (Å²) < 4.78 is 0. The van der Waals surface area contributed by atoms with Crippen LogP contribution in [0.3, 0.4) is 0 Å². The lowest BCUT2D eigenvalue weighted by Gasteiger charge is -2.33. The Morgan fingerprint density at radius 3 is 0.716 bits per heavy atom. The van der Waals surface area contributed by atoms with Gasteiger partial charge >= 0.3 is 0 Å². The van der Waals surface area contributed by atoms with Crippen LogP contribution in [0.25, 0.3) is 67.2 Å². The van der Waals surface area contributed by atoms with Crippen molar-refractivity contribution >= 4 is 23.1 Å². The molecule has 6 heterocycles. The number of aromatic nitrogens is 6. The van der Waals surface area contributed by atoms with Gasteiger partial charge in [0.05, 0.1) is 17.1 Å². The van der Waals surface area contributed by atoms with Crippen molar-refractivity contribution in [1.82, 2.24) is 29.9 Å². The fourth-order valence-corrected chi connectivity index (χ4v) is 10.7. The van der Waals surface area contributed by atoms with E-state index in [0.29, 0.717) is 0 Å². The topological polar surface area (TPSA) is 77.3 Å². The summed E-state index contributed by atoms with van der Waals surface area (Å²) in [5.74, 6) is 0. The Balaban J connectivity index is 1.25. The van der Waals surface area contributed by atoms with E-state index >= 15 is 0 Å². The first kappa shape index (κ1) is 44.8. The lowest BCUT2D eigenvalue weighted by molar-refractivity contribution is 1.23. The van der Waals surface area contributed by atoms with Crippen LogP contribution in [0, 0.1) is 83.1 Å². The van der Waals surface area contributed by atoms with E-state index in [9.17, 15) is 0 Å². The molecule has 0 aliphatic heterocycles. The van der Waals surface area contributed by atoms with E-state index < -0.39 is 0 Å². The molecule has 7 heteroatoms. The number of pyridine rings is 6. The van der Waals surface area contributed by atoms with Gasteiger partial charge in [-0.05, 0) is 188 Å². The molecule has 330 valence electrons. The van der Waals surface area contributed by atoms with Gasteiger partial charge in [-0.15, -0.1) is 0 Å². The van der Waals surface area contributed by atoms with Crippen LogP contribution in [0.15, 0.2) is 129 Å². The predicted octanol–water partition coefficient (Wildman–Crippen LogP) is 12.3. The highest BCUT2D eigenvalue weighted by molar-refractivity contribution is 6.97. The average Bonchev–Trinajstić information content (AvgIpc) is 3.36. The van der Waals surface area contributed by atoms with E-state index in [1.807, 2.05) is 55.4 Å². The first-order valence-corrected chi connectivity index (χ1v) is 23.2. The van der Waals surface area contributed by atoms with Crippen LogP contribution in [-0.2, 0) is 0 Å². The number of hydrogen-bond donors (Lipinski definition) is 0. The summed E-state index contributed by atoms with van der Waals surface area (Å²) in [5, 5.41) is 0. The number of rotatable bonds is 9. The zero-order valence-electron chi connectivity index (χ0n) is 40.9. The molecule has 0 N–H and O–H groups in total. The minimum atomic E-state index is -0.0485. The molecule has 3 aromatic carbocycles. The van der Waals surface area contributed by atoms with E-state index in [4.69, 9.17) is 15.0 Å². The molecular weight excluding hydrogens is 816 g/mol. The van der Waals surface area contributed by atoms with Crippen LogP contribution in [0.4, 0.5) is 0 Å². The second kappa shape index (κ2) is 18.1. The van der Waals surface area contributed by atoms with Gasteiger partial charge in [0, 0.05) is 89.2 Å². The summed E-state index contributed by atoms with van der Waals surface area (Å²) in [6.45, 7) is 27.8. The predicted molar refractivity (Wildman–Crippen MR) is 280 cm³/mol.